The number of H-pyrrole nitrogens is 1. The maximum absolute atomic E-state index is 13.3. The molecule has 182 valence electrons. The molecule has 0 radical (unpaired) electrons. The van der Waals surface area contributed by atoms with Crippen LogP contribution in [-0.2, 0) is 28.5 Å². The first-order valence-corrected chi connectivity index (χ1v) is 12.2. The Morgan fingerprint density at radius 3 is 2.74 bits per heavy atom. The SMILES string of the molecule is CN1CC23C[C@@]4(Cc5[nH]c(=O)c(C(=O)N6CCC[C@H]6C(N)=O)cc5C[C@@]4(O)[C@H]12)c1cc(O)ccc13. The number of phenols is 1. The molecule has 2 aromatic rings. The zero-order chi connectivity index (χ0) is 24.5. The van der Waals surface area contributed by atoms with E-state index in [1.54, 1.807) is 18.2 Å². The molecule has 2 aliphatic heterocycles. The second-order valence-electron chi connectivity index (χ2n) is 11.3. The number of fused-ring (bicyclic) bond motifs is 3. The maximum atomic E-state index is 13.3. The van der Waals surface area contributed by atoms with Crippen LogP contribution in [0.4, 0.5) is 0 Å². The second-order valence-corrected chi connectivity index (χ2v) is 11.3. The second kappa shape index (κ2) is 6.33. The highest BCUT2D eigenvalue weighted by Gasteiger charge is 2.80. The van der Waals surface area contributed by atoms with Gasteiger partial charge in [-0.15, -0.1) is 0 Å². The van der Waals surface area contributed by atoms with Gasteiger partial charge in [0, 0.05) is 42.5 Å². The third-order valence-corrected chi connectivity index (χ3v) is 9.68. The Morgan fingerprint density at radius 2 is 2.00 bits per heavy atom. The van der Waals surface area contributed by atoms with Crippen LogP contribution in [0, 0.1) is 0 Å². The number of likely N-dealkylation sites (tertiary alicyclic amines) is 2. The number of likely N-dealkylation sites (N-methyl/N-ethyl adjacent to an activating group) is 1. The Labute approximate surface area is 201 Å². The van der Waals surface area contributed by atoms with Crippen molar-refractivity contribution in [1.82, 2.24) is 14.8 Å². The molecule has 9 heteroatoms. The molecule has 9 nitrogen and oxygen atoms in total. The van der Waals surface area contributed by atoms with E-state index in [0.717, 1.165) is 29.8 Å². The van der Waals surface area contributed by atoms with Crippen molar-refractivity contribution in [2.24, 2.45) is 5.73 Å². The number of benzene rings is 1. The molecule has 1 aromatic heterocycles. The normalized spacial score (nSPS) is 36.2. The Balaban J connectivity index is 1.35. The van der Waals surface area contributed by atoms with Crippen molar-refractivity contribution in [2.45, 2.75) is 60.6 Å². The third kappa shape index (κ3) is 2.29. The van der Waals surface area contributed by atoms with Crippen LogP contribution in [0.25, 0.3) is 0 Å². The van der Waals surface area contributed by atoms with Crippen LogP contribution in [0.1, 0.15) is 52.0 Å². The number of nitrogens with zero attached hydrogens (tertiary/aromatic N) is 2. The van der Waals surface area contributed by atoms with E-state index in [9.17, 15) is 24.6 Å². The van der Waals surface area contributed by atoms with E-state index < -0.39 is 34.4 Å². The quantitative estimate of drug-likeness (QED) is 0.478. The first kappa shape index (κ1) is 21.1. The van der Waals surface area contributed by atoms with Crippen LogP contribution in [0.5, 0.6) is 5.75 Å². The van der Waals surface area contributed by atoms with Crippen LogP contribution in [0.3, 0.4) is 0 Å². The van der Waals surface area contributed by atoms with Crippen LogP contribution < -0.4 is 11.3 Å². The number of carbonyl (C=O) groups is 2. The van der Waals surface area contributed by atoms with Gasteiger partial charge in [-0.25, -0.2) is 0 Å². The zero-order valence-electron chi connectivity index (χ0n) is 19.5. The van der Waals surface area contributed by atoms with Crippen molar-refractivity contribution >= 4 is 11.8 Å². The summed E-state index contributed by atoms with van der Waals surface area (Å²) in [6.45, 7) is 1.21. The van der Waals surface area contributed by atoms with Gasteiger partial charge in [-0.3, -0.25) is 19.3 Å². The van der Waals surface area contributed by atoms with E-state index in [4.69, 9.17) is 5.73 Å². The van der Waals surface area contributed by atoms with Gasteiger partial charge in [0.2, 0.25) is 5.91 Å². The van der Waals surface area contributed by atoms with Gasteiger partial charge in [0.05, 0.1) is 11.6 Å². The number of aliphatic hydroxyl groups is 1. The van der Waals surface area contributed by atoms with Crippen molar-refractivity contribution in [2.75, 3.05) is 20.1 Å². The number of aromatic hydroxyl groups is 1. The minimum atomic E-state index is -1.10. The van der Waals surface area contributed by atoms with Crippen molar-refractivity contribution in [3.05, 3.63) is 62.6 Å². The summed E-state index contributed by atoms with van der Waals surface area (Å²) in [7, 11) is 2.02. The number of pyridine rings is 1. The Kier molecular flexibility index (Phi) is 3.82. The molecule has 3 heterocycles. The topological polar surface area (TPSA) is 140 Å². The number of hydrogen-bond acceptors (Lipinski definition) is 6. The lowest BCUT2D eigenvalue weighted by atomic mass is 9.55. The van der Waals surface area contributed by atoms with Gasteiger partial charge in [0.1, 0.15) is 17.4 Å². The van der Waals surface area contributed by atoms with Crippen molar-refractivity contribution in [3.63, 3.8) is 0 Å². The summed E-state index contributed by atoms with van der Waals surface area (Å²) in [6, 6.07) is 6.31. The molecule has 3 fully saturated rings. The summed E-state index contributed by atoms with van der Waals surface area (Å²) in [5.74, 6) is -0.893. The van der Waals surface area contributed by atoms with Gasteiger partial charge >= 0.3 is 0 Å². The summed E-state index contributed by atoms with van der Waals surface area (Å²) in [5, 5.41) is 22.7. The molecule has 35 heavy (non-hydrogen) atoms. The summed E-state index contributed by atoms with van der Waals surface area (Å²) in [6.07, 6.45) is 2.64. The molecular weight excluding hydrogens is 448 g/mol. The fraction of sp³-hybridized carbons (Fsp3) is 0.500. The van der Waals surface area contributed by atoms with Gasteiger partial charge in [0.15, 0.2) is 0 Å². The number of carbonyl (C=O) groups excluding carboxylic acids is 2. The lowest BCUT2D eigenvalue weighted by Gasteiger charge is -2.61. The smallest absolute Gasteiger partial charge is 0.261 e. The first-order chi connectivity index (χ1) is 16.6. The molecule has 1 unspecified atom stereocenters. The lowest BCUT2D eigenvalue weighted by molar-refractivity contribution is -0.126. The highest BCUT2D eigenvalue weighted by Crippen LogP contribution is 2.72. The largest absolute Gasteiger partial charge is 0.508 e. The Bertz CT molecular complexity index is 1400. The molecule has 5 aliphatic rings. The number of amides is 2. The number of nitrogens with one attached hydrogen (secondary N) is 1. The minimum absolute atomic E-state index is 0.0191. The monoisotopic (exact) mass is 476 g/mol. The summed E-state index contributed by atoms with van der Waals surface area (Å²) < 4.78 is 0. The van der Waals surface area contributed by atoms with E-state index in [-0.39, 0.29) is 22.8 Å². The number of nitrogens with two attached hydrogens (primary N) is 1. The van der Waals surface area contributed by atoms with Crippen LogP contribution >= 0.6 is 0 Å². The molecule has 1 saturated carbocycles. The minimum Gasteiger partial charge on any atom is -0.508 e. The van der Waals surface area contributed by atoms with Crippen molar-refractivity contribution < 1.29 is 19.8 Å². The summed E-state index contributed by atoms with van der Waals surface area (Å²) >= 11 is 0. The van der Waals surface area contributed by atoms with E-state index in [2.05, 4.69) is 9.88 Å². The number of aromatic amines is 1. The van der Waals surface area contributed by atoms with Crippen molar-refractivity contribution in [1.29, 1.82) is 0 Å². The first-order valence-electron chi connectivity index (χ1n) is 12.2. The molecular formula is C26H28N4O5. The average Bonchev–Trinajstić information content (AvgIpc) is 3.42. The molecule has 5 N–H and O–H groups in total. The molecule has 5 atom stereocenters. The highest BCUT2D eigenvalue weighted by atomic mass is 16.3. The number of primary amides is 1. The number of hydrogen-bond donors (Lipinski definition) is 4. The maximum Gasteiger partial charge on any atom is 0.261 e. The highest BCUT2D eigenvalue weighted by molar-refractivity contribution is 5.97. The molecule has 1 aromatic carbocycles. The van der Waals surface area contributed by atoms with Gasteiger partial charge in [-0.05, 0) is 61.2 Å². The average molecular weight is 477 g/mol. The van der Waals surface area contributed by atoms with Gasteiger partial charge < -0.3 is 25.8 Å². The van der Waals surface area contributed by atoms with Gasteiger partial charge in [0.25, 0.3) is 11.5 Å². The summed E-state index contributed by atoms with van der Waals surface area (Å²) in [5.41, 5.74) is 6.70. The summed E-state index contributed by atoms with van der Waals surface area (Å²) in [4.78, 5) is 44.7. The number of rotatable bonds is 2. The molecule has 3 aliphatic carbocycles. The standard InChI is InChI=1S/C26H28N4O5/c1-29-12-24-11-25(17-8-14(31)4-5-16(17)24)10-18-13(9-26(25,35)23(24)29)7-15(21(33)28-18)22(34)30-6-2-3-19(30)20(27)32/h4-5,7-8,19,23,31,35H,2-3,6,9-12H2,1H3,(H2,27,32)(H,28,33)/t19-,23+,24?,25-,26+/m0/s1. The lowest BCUT2D eigenvalue weighted by Crippen LogP contribution is -2.74. The zero-order valence-corrected chi connectivity index (χ0v) is 19.5. The number of aromatic nitrogens is 1. The molecule has 2 amide bonds. The molecule has 7 rings (SSSR count). The fourth-order valence-electron chi connectivity index (χ4n) is 8.59. The van der Waals surface area contributed by atoms with E-state index in [0.29, 0.717) is 32.2 Å². The molecule has 2 saturated heterocycles. The van der Waals surface area contributed by atoms with E-state index in [1.807, 2.05) is 13.1 Å². The van der Waals surface area contributed by atoms with Crippen LogP contribution in [-0.4, -0.2) is 74.6 Å². The van der Waals surface area contributed by atoms with Crippen LogP contribution in [0.15, 0.2) is 29.1 Å². The van der Waals surface area contributed by atoms with Gasteiger partial charge in [-0.2, -0.15) is 0 Å². The van der Waals surface area contributed by atoms with E-state index in [1.165, 1.54) is 10.5 Å². The molecule has 2 bridgehead atoms. The predicted octanol–water partition coefficient (Wildman–Crippen LogP) is -0.0928. The van der Waals surface area contributed by atoms with Crippen LogP contribution in [0.2, 0.25) is 0 Å². The Hall–Kier alpha value is -3.17. The van der Waals surface area contributed by atoms with Gasteiger partial charge in [-0.1, -0.05) is 6.07 Å². The fourth-order valence-corrected chi connectivity index (χ4v) is 8.59. The van der Waals surface area contributed by atoms with E-state index >= 15 is 0 Å². The molecule has 2 spiro atoms. The Morgan fingerprint density at radius 1 is 1.20 bits per heavy atom. The van der Waals surface area contributed by atoms with Crippen molar-refractivity contribution in [3.8, 4) is 5.75 Å². The number of phenolic OH excluding ortho intramolecular Hbond substituents is 1. The predicted molar refractivity (Wildman–Crippen MR) is 125 cm³/mol. The third-order valence-electron chi connectivity index (χ3n) is 9.68.